The number of piperidine rings is 1. The molecular formula is C25H30N2O6. The van der Waals surface area contributed by atoms with Crippen LogP contribution in [0.2, 0.25) is 0 Å². The number of benzene rings is 1. The zero-order valence-electron chi connectivity index (χ0n) is 19.3. The third kappa shape index (κ3) is 3.38. The zero-order valence-corrected chi connectivity index (χ0v) is 19.3. The van der Waals surface area contributed by atoms with E-state index in [9.17, 15) is 19.5 Å². The summed E-state index contributed by atoms with van der Waals surface area (Å²) in [6.45, 7) is 8.73. The molecule has 176 valence electrons. The molecule has 2 fully saturated rings. The van der Waals surface area contributed by atoms with Gasteiger partial charge in [-0.2, -0.15) is 0 Å². The zero-order chi connectivity index (χ0) is 23.5. The first-order valence-corrected chi connectivity index (χ1v) is 11.6. The van der Waals surface area contributed by atoms with Crippen molar-refractivity contribution in [3.63, 3.8) is 0 Å². The maximum absolute atomic E-state index is 13.5. The van der Waals surface area contributed by atoms with Crippen LogP contribution in [0.15, 0.2) is 23.4 Å². The van der Waals surface area contributed by atoms with Gasteiger partial charge in [-0.25, -0.2) is 9.59 Å². The monoisotopic (exact) mass is 454 g/mol. The van der Waals surface area contributed by atoms with Crippen LogP contribution in [-0.4, -0.2) is 65.5 Å². The van der Waals surface area contributed by atoms with Gasteiger partial charge in [0.25, 0.3) is 0 Å². The Labute approximate surface area is 193 Å². The fourth-order valence-electron chi connectivity index (χ4n) is 5.91. The third-order valence-electron chi connectivity index (χ3n) is 8.22. The number of fused-ring (bicyclic) bond motifs is 1. The normalized spacial score (nSPS) is 25.6. The lowest BCUT2D eigenvalue weighted by atomic mass is 9.71. The molecule has 0 aliphatic carbocycles. The highest BCUT2D eigenvalue weighted by Crippen LogP contribution is 2.47. The lowest BCUT2D eigenvalue weighted by Crippen LogP contribution is -2.47. The number of rotatable bonds is 4. The molecule has 33 heavy (non-hydrogen) atoms. The summed E-state index contributed by atoms with van der Waals surface area (Å²) >= 11 is 0. The van der Waals surface area contributed by atoms with E-state index < -0.39 is 11.5 Å². The maximum atomic E-state index is 13.5. The van der Waals surface area contributed by atoms with Gasteiger partial charge in [0.2, 0.25) is 5.91 Å². The average Bonchev–Trinajstić information content (AvgIpc) is 3.41. The number of hydrogen-bond donors (Lipinski definition) is 1. The predicted molar refractivity (Wildman–Crippen MR) is 118 cm³/mol. The van der Waals surface area contributed by atoms with E-state index >= 15 is 0 Å². The minimum absolute atomic E-state index is 0.0991. The molecule has 0 bridgehead atoms. The van der Waals surface area contributed by atoms with Crippen LogP contribution in [0.25, 0.3) is 0 Å². The molecule has 1 amide bonds. The minimum atomic E-state index is -0.678. The number of nitrogens with zero attached hydrogens (tertiary/aromatic N) is 2. The molecule has 2 saturated heterocycles. The van der Waals surface area contributed by atoms with Crippen LogP contribution < -0.4 is 0 Å². The number of carbonyl (C=O) groups excluding carboxylic acids is 3. The van der Waals surface area contributed by atoms with Crippen molar-refractivity contribution in [3.8, 4) is 0 Å². The highest BCUT2D eigenvalue weighted by Gasteiger charge is 2.54. The Morgan fingerprint density at radius 1 is 1.09 bits per heavy atom. The molecule has 5 rings (SSSR count). The van der Waals surface area contributed by atoms with E-state index in [1.54, 1.807) is 17.9 Å². The van der Waals surface area contributed by atoms with Crippen LogP contribution in [-0.2, 0) is 25.7 Å². The molecule has 8 nitrogen and oxygen atoms in total. The number of carbonyl (C=O) groups is 3. The van der Waals surface area contributed by atoms with Crippen molar-refractivity contribution >= 4 is 17.8 Å². The Bertz CT molecular complexity index is 1070. The second kappa shape index (κ2) is 7.95. The van der Waals surface area contributed by atoms with E-state index in [0.29, 0.717) is 29.9 Å². The van der Waals surface area contributed by atoms with E-state index in [2.05, 4.69) is 11.8 Å². The van der Waals surface area contributed by atoms with E-state index in [1.807, 2.05) is 13.0 Å². The van der Waals surface area contributed by atoms with Gasteiger partial charge in [-0.1, -0.05) is 13.0 Å². The molecule has 0 aromatic heterocycles. The number of hydrogen-bond acceptors (Lipinski definition) is 7. The summed E-state index contributed by atoms with van der Waals surface area (Å²) in [7, 11) is 0. The van der Waals surface area contributed by atoms with E-state index in [0.717, 1.165) is 42.6 Å². The number of cyclic esters (lactones) is 2. The van der Waals surface area contributed by atoms with Gasteiger partial charge in [0, 0.05) is 18.7 Å². The smallest absolute Gasteiger partial charge is 0.338 e. The van der Waals surface area contributed by atoms with Crippen LogP contribution in [0.1, 0.15) is 59.8 Å². The van der Waals surface area contributed by atoms with Crippen LogP contribution in [0, 0.1) is 18.3 Å². The first-order valence-electron chi connectivity index (χ1n) is 11.6. The Hall–Kier alpha value is -2.71. The number of aliphatic hydroxyl groups is 1. The molecule has 0 saturated carbocycles. The molecule has 2 atom stereocenters. The standard InChI is InChI=1S/C25H30N2O6/c1-14-10-27(20-13-33-22(29)16(20)3)24(31)25(14)6-8-26(9-7-25)11-21(28)17-4-5-18-19(15(17)2)12-32-23(18)30/h4-5,14,21,28H,6-13H2,1-3H3/t14?,21-/m0/s1. The van der Waals surface area contributed by atoms with Gasteiger partial charge in [0.15, 0.2) is 0 Å². The van der Waals surface area contributed by atoms with Gasteiger partial charge in [-0.15, -0.1) is 0 Å². The highest BCUT2D eigenvalue weighted by atomic mass is 16.5. The first kappa shape index (κ1) is 22.1. The average molecular weight is 455 g/mol. The molecule has 1 aromatic rings. The van der Waals surface area contributed by atoms with Crippen LogP contribution in [0.3, 0.4) is 0 Å². The van der Waals surface area contributed by atoms with E-state index in [4.69, 9.17) is 9.47 Å². The van der Waals surface area contributed by atoms with Crippen molar-refractivity contribution in [1.29, 1.82) is 0 Å². The van der Waals surface area contributed by atoms with Crippen molar-refractivity contribution in [2.24, 2.45) is 11.3 Å². The van der Waals surface area contributed by atoms with Crippen LogP contribution in [0.5, 0.6) is 0 Å². The number of ether oxygens (including phenoxy) is 2. The molecule has 8 heteroatoms. The summed E-state index contributed by atoms with van der Waals surface area (Å²) in [5.41, 5.74) is 3.98. The van der Waals surface area contributed by atoms with Crippen molar-refractivity contribution in [2.75, 3.05) is 32.8 Å². The Balaban J connectivity index is 1.26. The van der Waals surface area contributed by atoms with Gasteiger partial charge in [-0.05, 0) is 62.9 Å². The number of aliphatic hydroxyl groups excluding tert-OH is 1. The molecule has 4 aliphatic rings. The molecule has 0 radical (unpaired) electrons. The first-order chi connectivity index (χ1) is 15.7. The summed E-state index contributed by atoms with van der Waals surface area (Å²) in [5.74, 6) is -0.362. The predicted octanol–water partition coefficient (Wildman–Crippen LogP) is 2.09. The van der Waals surface area contributed by atoms with E-state index in [1.165, 1.54) is 0 Å². The quantitative estimate of drug-likeness (QED) is 0.696. The number of likely N-dealkylation sites (tertiary alicyclic amines) is 2. The largest absolute Gasteiger partial charge is 0.457 e. The van der Waals surface area contributed by atoms with Gasteiger partial charge < -0.3 is 24.4 Å². The molecule has 1 N–H and O–H groups in total. The Kier molecular flexibility index (Phi) is 5.33. The summed E-state index contributed by atoms with van der Waals surface area (Å²) in [4.78, 5) is 41.0. The second-order valence-corrected chi connectivity index (χ2v) is 9.82. The summed E-state index contributed by atoms with van der Waals surface area (Å²) < 4.78 is 10.3. The van der Waals surface area contributed by atoms with Gasteiger partial charge >= 0.3 is 11.9 Å². The lowest BCUT2D eigenvalue weighted by Gasteiger charge is -2.41. The summed E-state index contributed by atoms with van der Waals surface area (Å²) in [6.07, 6.45) is 0.772. The molecule has 1 unspecified atom stereocenters. The van der Waals surface area contributed by atoms with E-state index in [-0.39, 0.29) is 37.0 Å². The van der Waals surface area contributed by atoms with Gasteiger partial charge in [0.1, 0.15) is 13.2 Å². The minimum Gasteiger partial charge on any atom is -0.457 e. The fourth-order valence-corrected chi connectivity index (χ4v) is 5.91. The summed E-state index contributed by atoms with van der Waals surface area (Å²) in [6, 6.07) is 3.56. The van der Waals surface area contributed by atoms with Crippen molar-refractivity contribution < 1.29 is 29.0 Å². The second-order valence-electron chi connectivity index (χ2n) is 9.82. The Morgan fingerprint density at radius 3 is 2.45 bits per heavy atom. The number of esters is 2. The van der Waals surface area contributed by atoms with Crippen LogP contribution >= 0.6 is 0 Å². The summed E-state index contributed by atoms with van der Waals surface area (Å²) in [5, 5.41) is 11.0. The molecule has 1 aromatic carbocycles. The van der Waals surface area contributed by atoms with Gasteiger partial charge in [0.05, 0.1) is 28.4 Å². The van der Waals surface area contributed by atoms with Crippen molar-refractivity contribution in [1.82, 2.24) is 9.80 Å². The maximum Gasteiger partial charge on any atom is 0.338 e. The Morgan fingerprint density at radius 2 is 1.79 bits per heavy atom. The van der Waals surface area contributed by atoms with Crippen molar-refractivity contribution in [3.05, 3.63) is 45.7 Å². The molecule has 4 aliphatic heterocycles. The molecular weight excluding hydrogens is 424 g/mol. The topological polar surface area (TPSA) is 96.4 Å². The SMILES string of the molecule is CC1=C(N2CC(C)C3(CCN(C[C@H](O)c4ccc5c(c4C)COC5=O)CC3)C2=O)COC1=O. The third-order valence-corrected chi connectivity index (χ3v) is 8.22. The number of amides is 1. The highest BCUT2D eigenvalue weighted by molar-refractivity contribution is 5.95. The molecule has 4 heterocycles. The van der Waals surface area contributed by atoms with Crippen molar-refractivity contribution in [2.45, 2.75) is 46.3 Å². The van der Waals surface area contributed by atoms with Crippen LogP contribution in [0.4, 0.5) is 0 Å². The fraction of sp³-hybridized carbons (Fsp3) is 0.560. The molecule has 1 spiro atoms. The number of β-amino-alcohol motifs (C(OH)–C–C–N with tert-alkyl or cyclic N) is 1. The lowest BCUT2D eigenvalue weighted by molar-refractivity contribution is -0.139. The van der Waals surface area contributed by atoms with Gasteiger partial charge in [-0.3, -0.25) is 4.79 Å².